The molecule has 8 nitrogen and oxygen atoms in total. The molecule has 1 fully saturated rings. The third kappa shape index (κ3) is 4.68. The highest BCUT2D eigenvalue weighted by atomic mass is 16.5. The van der Waals surface area contributed by atoms with Crippen LogP contribution in [0.15, 0.2) is 54.6 Å². The van der Waals surface area contributed by atoms with Gasteiger partial charge < -0.3 is 15.0 Å². The number of ether oxygens (including phenoxy) is 1. The zero-order valence-corrected chi connectivity index (χ0v) is 19.4. The van der Waals surface area contributed by atoms with Crippen LogP contribution in [0.4, 0.5) is 0 Å². The summed E-state index contributed by atoms with van der Waals surface area (Å²) in [6, 6.07) is 18.2. The molecule has 1 aromatic heterocycles. The van der Waals surface area contributed by atoms with E-state index in [1.54, 1.807) is 12.0 Å². The van der Waals surface area contributed by atoms with Crippen molar-refractivity contribution in [1.82, 2.24) is 24.9 Å². The number of benzene rings is 2. The summed E-state index contributed by atoms with van der Waals surface area (Å²) in [6.45, 7) is 3.95. The second-order valence-electron chi connectivity index (χ2n) is 8.81. The summed E-state index contributed by atoms with van der Waals surface area (Å²) < 4.78 is 7.35. The Balaban J connectivity index is 1.44. The fourth-order valence-electron chi connectivity index (χ4n) is 4.73. The van der Waals surface area contributed by atoms with Gasteiger partial charge in [0, 0.05) is 50.4 Å². The van der Waals surface area contributed by atoms with Gasteiger partial charge in [-0.1, -0.05) is 42.5 Å². The number of nitrogens with zero attached hydrogens (tertiary/aromatic N) is 4. The Kier molecular flexibility index (Phi) is 6.31. The molecule has 2 aliphatic rings. The number of rotatable bonds is 6. The van der Waals surface area contributed by atoms with Crippen LogP contribution in [0.25, 0.3) is 0 Å². The predicted molar refractivity (Wildman–Crippen MR) is 127 cm³/mol. The molecule has 0 spiro atoms. The van der Waals surface area contributed by atoms with Gasteiger partial charge in [0.2, 0.25) is 5.91 Å². The van der Waals surface area contributed by atoms with Crippen molar-refractivity contribution in [2.24, 2.45) is 0 Å². The minimum absolute atomic E-state index is 0.0761. The molecule has 2 amide bonds. The number of fused-ring (bicyclic) bond motifs is 1. The number of carbonyl (C=O) groups is 2. The van der Waals surface area contributed by atoms with Crippen LogP contribution >= 0.6 is 0 Å². The summed E-state index contributed by atoms with van der Waals surface area (Å²) >= 11 is 0. The van der Waals surface area contributed by atoms with Crippen molar-refractivity contribution in [3.8, 4) is 5.75 Å². The van der Waals surface area contributed by atoms with Crippen molar-refractivity contribution < 1.29 is 14.3 Å². The first-order valence-electron chi connectivity index (χ1n) is 11.6. The van der Waals surface area contributed by atoms with E-state index in [2.05, 4.69) is 28.4 Å². The zero-order valence-electron chi connectivity index (χ0n) is 19.4. The SMILES string of the molecule is COc1cccc(CN2CCc3c(c(C(=O)N4CCNC(=O)C4)nn3Cc3ccccc3)C2)c1. The van der Waals surface area contributed by atoms with E-state index >= 15 is 0 Å². The molecule has 34 heavy (non-hydrogen) atoms. The minimum atomic E-state index is -0.166. The first-order valence-corrected chi connectivity index (χ1v) is 11.6. The van der Waals surface area contributed by atoms with Crippen LogP contribution in [0.3, 0.4) is 0 Å². The van der Waals surface area contributed by atoms with Gasteiger partial charge in [-0.05, 0) is 23.3 Å². The van der Waals surface area contributed by atoms with Gasteiger partial charge in [-0.2, -0.15) is 5.10 Å². The maximum absolute atomic E-state index is 13.5. The monoisotopic (exact) mass is 459 g/mol. The van der Waals surface area contributed by atoms with Crippen LogP contribution in [0.2, 0.25) is 0 Å². The van der Waals surface area contributed by atoms with Gasteiger partial charge in [0.1, 0.15) is 5.75 Å². The lowest BCUT2D eigenvalue weighted by Crippen LogP contribution is -2.50. The van der Waals surface area contributed by atoms with E-state index < -0.39 is 0 Å². The molecule has 1 saturated heterocycles. The van der Waals surface area contributed by atoms with E-state index in [0.29, 0.717) is 31.9 Å². The summed E-state index contributed by atoms with van der Waals surface area (Å²) in [5.41, 5.74) is 4.86. The Morgan fingerprint density at radius 1 is 1.03 bits per heavy atom. The van der Waals surface area contributed by atoms with Gasteiger partial charge in [0.25, 0.3) is 5.91 Å². The maximum Gasteiger partial charge on any atom is 0.275 e. The predicted octanol–water partition coefficient (Wildman–Crippen LogP) is 2.07. The van der Waals surface area contributed by atoms with E-state index in [0.717, 1.165) is 42.1 Å². The summed E-state index contributed by atoms with van der Waals surface area (Å²) in [6.07, 6.45) is 0.812. The van der Waals surface area contributed by atoms with E-state index in [1.165, 1.54) is 5.56 Å². The summed E-state index contributed by atoms with van der Waals surface area (Å²) in [4.78, 5) is 29.3. The Labute approximate surface area is 199 Å². The van der Waals surface area contributed by atoms with Crippen LogP contribution in [0.1, 0.15) is 32.9 Å². The van der Waals surface area contributed by atoms with Gasteiger partial charge in [0.15, 0.2) is 5.69 Å². The van der Waals surface area contributed by atoms with E-state index in [1.807, 2.05) is 41.1 Å². The van der Waals surface area contributed by atoms with Gasteiger partial charge >= 0.3 is 0 Å². The molecular formula is C26H29N5O3. The topological polar surface area (TPSA) is 79.7 Å². The molecule has 0 unspecified atom stereocenters. The van der Waals surface area contributed by atoms with Crippen LogP contribution in [-0.4, -0.2) is 64.7 Å². The summed E-state index contributed by atoms with van der Waals surface area (Å²) in [7, 11) is 1.67. The number of hydrogen-bond acceptors (Lipinski definition) is 5. The third-order valence-corrected chi connectivity index (χ3v) is 6.46. The second kappa shape index (κ2) is 9.69. The Bertz CT molecular complexity index is 1190. The molecule has 0 bridgehead atoms. The van der Waals surface area contributed by atoms with E-state index in [9.17, 15) is 9.59 Å². The van der Waals surface area contributed by atoms with Crippen molar-refractivity contribution in [3.05, 3.63) is 82.7 Å². The van der Waals surface area contributed by atoms with Gasteiger partial charge in [-0.3, -0.25) is 19.2 Å². The fourth-order valence-corrected chi connectivity index (χ4v) is 4.73. The summed E-state index contributed by atoms with van der Waals surface area (Å²) in [5.74, 6) is 0.545. The molecule has 2 aromatic carbocycles. The molecule has 3 aromatic rings. The standard InChI is InChI=1S/C26H29N5O3/c1-34-21-9-5-8-20(14-21)15-29-12-10-23-22(17-29)25(26(33)30-13-11-27-24(32)18-30)28-31(23)16-19-6-3-2-4-7-19/h2-9,14H,10-13,15-18H2,1H3,(H,27,32). The van der Waals surface area contributed by atoms with Crippen LogP contribution < -0.4 is 10.1 Å². The molecule has 0 saturated carbocycles. The maximum atomic E-state index is 13.5. The van der Waals surface area contributed by atoms with Gasteiger partial charge in [0.05, 0.1) is 20.2 Å². The first-order chi connectivity index (χ1) is 16.6. The number of hydrogen-bond donors (Lipinski definition) is 1. The number of piperazine rings is 1. The highest BCUT2D eigenvalue weighted by Crippen LogP contribution is 2.26. The van der Waals surface area contributed by atoms with E-state index in [-0.39, 0.29) is 18.4 Å². The Morgan fingerprint density at radius 3 is 2.65 bits per heavy atom. The summed E-state index contributed by atoms with van der Waals surface area (Å²) in [5, 5.41) is 7.59. The lowest BCUT2D eigenvalue weighted by Gasteiger charge is -2.29. The average molecular weight is 460 g/mol. The first kappa shape index (κ1) is 22.2. The number of methoxy groups -OCH3 is 1. The molecule has 5 rings (SSSR count). The van der Waals surface area contributed by atoms with Gasteiger partial charge in [-0.25, -0.2) is 0 Å². The Hall–Kier alpha value is -3.65. The van der Waals surface area contributed by atoms with E-state index in [4.69, 9.17) is 9.84 Å². The number of aromatic nitrogens is 2. The molecule has 176 valence electrons. The van der Waals surface area contributed by atoms with Crippen molar-refractivity contribution in [1.29, 1.82) is 0 Å². The lowest BCUT2D eigenvalue weighted by molar-refractivity contribution is -0.123. The second-order valence-corrected chi connectivity index (χ2v) is 8.81. The zero-order chi connectivity index (χ0) is 23.5. The molecule has 1 N–H and O–H groups in total. The number of amides is 2. The van der Waals surface area contributed by atoms with Crippen molar-refractivity contribution in [2.75, 3.05) is 33.3 Å². The number of nitrogens with one attached hydrogen (secondary N) is 1. The molecule has 0 aliphatic carbocycles. The molecule has 0 atom stereocenters. The molecule has 8 heteroatoms. The Morgan fingerprint density at radius 2 is 1.85 bits per heavy atom. The quantitative estimate of drug-likeness (QED) is 0.611. The lowest BCUT2D eigenvalue weighted by atomic mass is 10.0. The minimum Gasteiger partial charge on any atom is -0.497 e. The largest absolute Gasteiger partial charge is 0.497 e. The van der Waals surface area contributed by atoms with Crippen LogP contribution in [-0.2, 0) is 30.8 Å². The number of carbonyl (C=O) groups excluding carboxylic acids is 2. The third-order valence-electron chi connectivity index (χ3n) is 6.46. The van der Waals surface area contributed by atoms with Crippen molar-refractivity contribution >= 4 is 11.8 Å². The van der Waals surface area contributed by atoms with Crippen LogP contribution in [0.5, 0.6) is 5.75 Å². The molecule has 0 radical (unpaired) electrons. The fraction of sp³-hybridized carbons (Fsp3) is 0.346. The molecular weight excluding hydrogens is 430 g/mol. The van der Waals surface area contributed by atoms with Crippen LogP contribution in [0, 0.1) is 0 Å². The van der Waals surface area contributed by atoms with Crippen molar-refractivity contribution in [2.45, 2.75) is 26.1 Å². The smallest absolute Gasteiger partial charge is 0.275 e. The van der Waals surface area contributed by atoms with Gasteiger partial charge in [-0.15, -0.1) is 0 Å². The molecule has 3 heterocycles. The normalized spacial score (nSPS) is 16.1. The average Bonchev–Trinajstić information content (AvgIpc) is 3.21. The molecule has 2 aliphatic heterocycles. The highest BCUT2D eigenvalue weighted by molar-refractivity contribution is 5.97. The van der Waals surface area contributed by atoms with Crippen molar-refractivity contribution in [3.63, 3.8) is 0 Å². The highest BCUT2D eigenvalue weighted by Gasteiger charge is 2.32.